The monoisotopic (exact) mass is 419 g/mol. The Morgan fingerprint density at radius 1 is 1.07 bits per heavy atom. The Kier molecular flexibility index (Phi) is 5.90. The molecule has 0 spiro atoms. The molecule has 0 bridgehead atoms. The zero-order chi connectivity index (χ0) is 20.9. The number of nitrogens with one attached hydrogen (secondary N) is 1. The molecule has 0 fully saturated rings. The summed E-state index contributed by atoms with van der Waals surface area (Å²) in [5.41, 5.74) is 3.51. The number of rotatable bonds is 7. The fraction of sp³-hybridized carbons (Fsp3) is 0.174. The van der Waals surface area contributed by atoms with Crippen molar-refractivity contribution in [1.29, 1.82) is 0 Å². The maximum atomic E-state index is 12.4. The molecular weight excluding hydrogens is 398 g/mol. The predicted octanol–water partition coefficient (Wildman–Crippen LogP) is 5.08. The maximum Gasteiger partial charge on any atom is 0.262 e. The van der Waals surface area contributed by atoms with Gasteiger partial charge in [-0.1, -0.05) is 23.5 Å². The molecule has 0 saturated heterocycles. The summed E-state index contributed by atoms with van der Waals surface area (Å²) in [5, 5.41) is 3.79. The topological polar surface area (TPSA) is 73.3 Å². The molecule has 1 amide bonds. The molecule has 1 N–H and O–H groups in total. The molecule has 0 saturated carbocycles. The summed E-state index contributed by atoms with van der Waals surface area (Å²) in [6, 6.07) is 16.9. The van der Waals surface area contributed by atoms with Crippen molar-refractivity contribution in [3.05, 3.63) is 66.4 Å². The highest BCUT2D eigenvalue weighted by atomic mass is 32.1. The van der Waals surface area contributed by atoms with E-state index in [2.05, 4.69) is 15.3 Å². The van der Waals surface area contributed by atoms with Crippen LogP contribution in [0.4, 0.5) is 5.69 Å². The van der Waals surface area contributed by atoms with Gasteiger partial charge in [0, 0.05) is 17.4 Å². The van der Waals surface area contributed by atoms with Crippen molar-refractivity contribution in [2.45, 2.75) is 13.8 Å². The Labute approximate surface area is 178 Å². The summed E-state index contributed by atoms with van der Waals surface area (Å²) in [5.74, 6) is 1.16. The molecule has 6 nitrogen and oxygen atoms in total. The Hall–Kier alpha value is -3.45. The van der Waals surface area contributed by atoms with Crippen LogP contribution in [0.2, 0.25) is 0 Å². The van der Waals surface area contributed by atoms with Gasteiger partial charge in [0.1, 0.15) is 26.9 Å². The van der Waals surface area contributed by atoms with Crippen LogP contribution in [0, 0.1) is 6.92 Å². The van der Waals surface area contributed by atoms with Crippen LogP contribution in [-0.2, 0) is 4.79 Å². The summed E-state index contributed by atoms with van der Waals surface area (Å²) in [4.78, 5) is 22.3. The van der Waals surface area contributed by atoms with Gasteiger partial charge >= 0.3 is 0 Å². The number of nitrogens with zero attached hydrogens (tertiary/aromatic N) is 2. The number of pyridine rings is 1. The molecule has 0 unspecified atom stereocenters. The van der Waals surface area contributed by atoms with Gasteiger partial charge in [0.25, 0.3) is 5.91 Å². The van der Waals surface area contributed by atoms with Crippen LogP contribution in [0.3, 0.4) is 0 Å². The van der Waals surface area contributed by atoms with Gasteiger partial charge in [-0.25, -0.2) is 9.97 Å². The van der Waals surface area contributed by atoms with Crippen LogP contribution in [-0.4, -0.2) is 29.1 Å². The van der Waals surface area contributed by atoms with Crippen LogP contribution in [0.15, 0.2) is 60.8 Å². The number of thiazole rings is 1. The minimum Gasteiger partial charge on any atom is -0.494 e. The molecular formula is C23H21N3O3S. The number of fused-ring (bicyclic) bond motifs is 1. The molecule has 152 valence electrons. The molecule has 2 heterocycles. The van der Waals surface area contributed by atoms with Crippen LogP contribution < -0.4 is 14.8 Å². The van der Waals surface area contributed by atoms with Crippen LogP contribution in [0.5, 0.6) is 11.5 Å². The van der Waals surface area contributed by atoms with E-state index in [4.69, 9.17) is 9.47 Å². The van der Waals surface area contributed by atoms with Crippen LogP contribution >= 0.6 is 11.3 Å². The highest BCUT2D eigenvalue weighted by Crippen LogP contribution is 2.31. The normalized spacial score (nSPS) is 10.7. The van der Waals surface area contributed by atoms with Gasteiger partial charge in [0.05, 0.1) is 6.61 Å². The van der Waals surface area contributed by atoms with Gasteiger partial charge < -0.3 is 14.8 Å². The fourth-order valence-electron chi connectivity index (χ4n) is 2.92. The zero-order valence-electron chi connectivity index (χ0n) is 16.7. The SMILES string of the molecule is CCOc1ccc(OCC(=O)Nc2cc(-c3nc4cccnc4s3)ccc2C)cc1. The average Bonchev–Trinajstić information content (AvgIpc) is 3.19. The molecule has 30 heavy (non-hydrogen) atoms. The van der Waals surface area contributed by atoms with E-state index in [1.807, 2.05) is 56.3 Å². The number of benzene rings is 2. The summed E-state index contributed by atoms with van der Waals surface area (Å²) in [7, 11) is 0. The Balaban J connectivity index is 1.43. The fourth-order valence-corrected chi connectivity index (χ4v) is 3.82. The van der Waals surface area contributed by atoms with Gasteiger partial charge in [-0.15, -0.1) is 0 Å². The first-order valence-electron chi connectivity index (χ1n) is 9.60. The number of amides is 1. The number of hydrogen-bond donors (Lipinski definition) is 1. The first-order chi connectivity index (χ1) is 14.6. The lowest BCUT2D eigenvalue weighted by Crippen LogP contribution is -2.20. The van der Waals surface area contributed by atoms with E-state index in [1.54, 1.807) is 18.3 Å². The minimum atomic E-state index is -0.227. The summed E-state index contributed by atoms with van der Waals surface area (Å²) >= 11 is 1.53. The van der Waals surface area contributed by atoms with Crippen molar-refractivity contribution in [2.24, 2.45) is 0 Å². The third-order valence-electron chi connectivity index (χ3n) is 4.43. The highest BCUT2D eigenvalue weighted by Gasteiger charge is 2.11. The number of aromatic nitrogens is 2. The third kappa shape index (κ3) is 4.58. The van der Waals surface area contributed by atoms with Gasteiger partial charge in [-0.05, 0) is 61.9 Å². The second-order valence-electron chi connectivity index (χ2n) is 6.62. The first kappa shape index (κ1) is 19.8. The third-order valence-corrected chi connectivity index (χ3v) is 5.46. The first-order valence-corrected chi connectivity index (χ1v) is 10.4. The lowest BCUT2D eigenvalue weighted by atomic mass is 10.1. The zero-order valence-corrected chi connectivity index (χ0v) is 17.5. The van der Waals surface area contributed by atoms with Crippen molar-refractivity contribution in [3.8, 4) is 22.1 Å². The van der Waals surface area contributed by atoms with Crippen molar-refractivity contribution in [1.82, 2.24) is 9.97 Å². The Bertz CT molecular complexity index is 1140. The molecule has 0 aliphatic rings. The molecule has 4 rings (SSSR count). The standard InChI is InChI=1S/C23H21N3O3S/c1-3-28-17-8-10-18(11-9-17)29-14-21(27)25-20-13-16(7-6-15(20)2)22-26-19-5-4-12-24-23(19)30-22/h4-13H,3,14H2,1-2H3,(H,25,27). The van der Waals surface area contributed by atoms with E-state index in [-0.39, 0.29) is 12.5 Å². The quantitative estimate of drug-likeness (QED) is 0.452. The predicted molar refractivity (Wildman–Crippen MR) is 119 cm³/mol. The largest absolute Gasteiger partial charge is 0.494 e. The summed E-state index contributed by atoms with van der Waals surface area (Å²) in [6.45, 7) is 4.41. The molecule has 2 aromatic carbocycles. The second-order valence-corrected chi connectivity index (χ2v) is 7.60. The van der Waals surface area contributed by atoms with Crippen LogP contribution in [0.1, 0.15) is 12.5 Å². The van der Waals surface area contributed by atoms with Gasteiger partial charge in [-0.3, -0.25) is 4.79 Å². The molecule has 2 aromatic heterocycles. The van der Waals surface area contributed by atoms with Crippen molar-refractivity contribution in [3.63, 3.8) is 0 Å². The van der Waals surface area contributed by atoms with E-state index in [9.17, 15) is 4.79 Å². The number of ether oxygens (including phenoxy) is 2. The number of carbonyl (C=O) groups excluding carboxylic acids is 1. The molecule has 0 aliphatic heterocycles. The maximum absolute atomic E-state index is 12.4. The number of aryl methyl sites for hydroxylation is 1. The van der Waals surface area contributed by atoms with Gasteiger partial charge in [0.15, 0.2) is 6.61 Å². The van der Waals surface area contributed by atoms with Gasteiger partial charge in [0.2, 0.25) is 0 Å². The minimum absolute atomic E-state index is 0.0806. The molecule has 7 heteroatoms. The Morgan fingerprint density at radius 2 is 1.83 bits per heavy atom. The number of carbonyl (C=O) groups is 1. The lowest BCUT2D eigenvalue weighted by Gasteiger charge is -2.11. The van der Waals surface area contributed by atoms with E-state index in [0.717, 1.165) is 37.9 Å². The second kappa shape index (κ2) is 8.92. The number of anilines is 1. The van der Waals surface area contributed by atoms with Crippen molar-refractivity contribution in [2.75, 3.05) is 18.5 Å². The molecule has 0 atom stereocenters. The summed E-state index contributed by atoms with van der Waals surface area (Å²) < 4.78 is 11.0. The Morgan fingerprint density at radius 3 is 2.57 bits per heavy atom. The highest BCUT2D eigenvalue weighted by molar-refractivity contribution is 7.21. The smallest absolute Gasteiger partial charge is 0.262 e. The van der Waals surface area contributed by atoms with Crippen LogP contribution in [0.25, 0.3) is 20.9 Å². The number of hydrogen-bond acceptors (Lipinski definition) is 6. The van der Waals surface area contributed by atoms with Gasteiger partial charge in [-0.2, -0.15) is 0 Å². The molecule has 0 radical (unpaired) electrons. The van der Waals surface area contributed by atoms with E-state index in [1.165, 1.54) is 11.3 Å². The van der Waals surface area contributed by atoms with E-state index in [0.29, 0.717) is 12.4 Å². The lowest BCUT2D eigenvalue weighted by molar-refractivity contribution is -0.118. The molecule has 0 aliphatic carbocycles. The van der Waals surface area contributed by atoms with Crippen molar-refractivity contribution < 1.29 is 14.3 Å². The van der Waals surface area contributed by atoms with Crippen molar-refractivity contribution >= 4 is 33.3 Å². The average molecular weight is 420 g/mol. The van der Waals surface area contributed by atoms with E-state index < -0.39 is 0 Å². The van der Waals surface area contributed by atoms with E-state index >= 15 is 0 Å². The molecule has 4 aromatic rings. The summed E-state index contributed by atoms with van der Waals surface area (Å²) in [6.07, 6.45) is 1.76.